The van der Waals surface area contributed by atoms with E-state index in [-0.39, 0.29) is 6.04 Å². The van der Waals surface area contributed by atoms with Gasteiger partial charge in [-0.15, -0.1) is 0 Å². The Bertz CT molecular complexity index is 233. The van der Waals surface area contributed by atoms with Crippen molar-refractivity contribution in [3.05, 3.63) is 29.6 Å². The summed E-state index contributed by atoms with van der Waals surface area (Å²) in [6, 6.07) is 2.23. The molecule has 0 radical (unpaired) electrons. The molecule has 60 valence electrons. The Balaban J connectivity index is 2.86. The van der Waals surface area contributed by atoms with Gasteiger partial charge in [0.2, 0.25) is 0 Å². The molecule has 1 aromatic heterocycles. The van der Waals surface area contributed by atoms with Crippen molar-refractivity contribution < 1.29 is 0 Å². The van der Waals surface area contributed by atoms with Crippen LogP contribution in [0.1, 0.15) is 30.5 Å². The van der Waals surface area contributed by atoms with Crippen LogP contribution in [0, 0.1) is 6.92 Å². The number of pyridine rings is 1. The van der Waals surface area contributed by atoms with Crippen molar-refractivity contribution in [2.75, 3.05) is 0 Å². The molecule has 0 fully saturated rings. The molecule has 0 unspecified atom stereocenters. The van der Waals surface area contributed by atoms with Crippen molar-refractivity contribution in [2.24, 2.45) is 5.73 Å². The topological polar surface area (TPSA) is 38.9 Å². The van der Waals surface area contributed by atoms with Crippen molar-refractivity contribution in [1.29, 1.82) is 0 Å². The molecule has 11 heavy (non-hydrogen) atoms. The summed E-state index contributed by atoms with van der Waals surface area (Å²) in [6.07, 6.45) is 4.64. The molecule has 1 atom stereocenters. The molecule has 2 nitrogen and oxygen atoms in total. The summed E-state index contributed by atoms with van der Waals surface area (Å²) >= 11 is 0. The lowest BCUT2D eigenvalue weighted by Crippen LogP contribution is -2.08. The number of rotatable bonds is 2. The van der Waals surface area contributed by atoms with Crippen LogP contribution in [0.15, 0.2) is 18.5 Å². The molecule has 2 heteroatoms. The van der Waals surface area contributed by atoms with E-state index in [1.807, 2.05) is 19.3 Å². The highest BCUT2D eigenvalue weighted by Gasteiger charge is 2.01. The summed E-state index contributed by atoms with van der Waals surface area (Å²) < 4.78 is 0. The van der Waals surface area contributed by atoms with Gasteiger partial charge in [-0.2, -0.15) is 0 Å². The Morgan fingerprint density at radius 1 is 1.55 bits per heavy atom. The van der Waals surface area contributed by atoms with Crippen LogP contribution in [0.25, 0.3) is 0 Å². The molecule has 1 aromatic rings. The minimum atomic E-state index is 0.141. The predicted octanol–water partition coefficient (Wildman–Crippen LogP) is 1.80. The third-order valence-electron chi connectivity index (χ3n) is 1.76. The third kappa shape index (κ3) is 2.02. The normalized spacial score (nSPS) is 13.0. The lowest BCUT2D eigenvalue weighted by Gasteiger charge is -2.08. The Labute approximate surface area is 67.5 Å². The summed E-state index contributed by atoms with van der Waals surface area (Å²) in [5, 5.41) is 0. The molecule has 0 saturated heterocycles. The maximum atomic E-state index is 5.82. The zero-order chi connectivity index (χ0) is 8.27. The highest BCUT2D eigenvalue weighted by molar-refractivity contribution is 5.19. The Morgan fingerprint density at radius 2 is 2.27 bits per heavy atom. The van der Waals surface area contributed by atoms with E-state index in [0.717, 1.165) is 12.0 Å². The van der Waals surface area contributed by atoms with Gasteiger partial charge < -0.3 is 5.73 Å². The average molecular weight is 150 g/mol. The van der Waals surface area contributed by atoms with Crippen LogP contribution in [-0.2, 0) is 0 Å². The molecule has 0 aliphatic carbocycles. The average Bonchev–Trinajstić information content (AvgIpc) is 2.03. The van der Waals surface area contributed by atoms with Crippen LogP contribution in [0.4, 0.5) is 0 Å². The van der Waals surface area contributed by atoms with Crippen LogP contribution in [0.3, 0.4) is 0 Å². The molecule has 0 amide bonds. The summed E-state index contributed by atoms with van der Waals surface area (Å²) in [5.41, 5.74) is 8.13. The Morgan fingerprint density at radius 3 is 2.82 bits per heavy atom. The van der Waals surface area contributed by atoms with Gasteiger partial charge in [-0.1, -0.05) is 13.0 Å². The van der Waals surface area contributed by atoms with Gasteiger partial charge in [0.1, 0.15) is 0 Å². The number of hydrogen-bond acceptors (Lipinski definition) is 2. The fraction of sp³-hybridized carbons (Fsp3) is 0.444. The minimum Gasteiger partial charge on any atom is -0.324 e. The number of nitrogens with zero attached hydrogens (tertiary/aromatic N) is 1. The van der Waals surface area contributed by atoms with Crippen LogP contribution >= 0.6 is 0 Å². The van der Waals surface area contributed by atoms with E-state index in [1.165, 1.54) is 5.56 Å². The SMILES string of the molecule is CC[C@@H](N)c1cncc(C)c1. The van der Waals surface area contributed by atoms with Gasteiger partial charge in [-0.25, -0.2) is 0 Å². The van der Waals surface area contributed by atoms with Gasteiger partial charge in [-0.3, -0.25) is 4.98 Å². The molecule has 0 bridgehead atoms. The number of aromatic nitrogens is 1. The van der Waals surface area contributed by atoms with Gasteiger partial charge >= 0.3 is 0 Å². The maximum absolute atomic E-state index is 5.82. The lowest BCUT2D eigenvalue weighted by atomic mass is 10.1. The summed E-state index contributed by atoms with van der Waals surface area (Å²) in [7, 11) is 0. The van der Waals surface area contributed by atoms with Crippen molar-refractivity contribution in [3.8, 4) is 0 Å². The fourth-order valence-corrected chi connectivity index (χ4v) is 1.02. The van der Waals surface area contributed by atoms with Crippen LogP contribution < -0.4 is 5.73 Å². The van der Waals surface area contributed by atoms with Gasteiger partial charge in [0.25, 0.3) is 0 Å². The van der Waals surface area contributed by atoms with Crippen LogP contribution in [0.5, 0.6) is 0 Å². The summed E-state index contributed by atoms with van der Waals surface area (Å²) in [6.45, 7) is 4.10. The number of aryl methyl sites for hydroxylation is 1. The molecule has 0 spiro atoms. The molecule has 0 aliphatic rings. The minimum absolute atomic E-state index is 0.141. The van der Waals surface area contributed by atoms with Crippen LogP contribution in [0.2, 0.25) is 0 Å². The quantitative estimate of drug-likeness (QED) is 0.698. The largest absolute Gasteiger partial charge is 0.324 e. The van der Waals surface area contributed by atoms with Crippen molar-refractivity contribution >= 4 is 0 Å². The molecule has 0 saturated carbocycles. The zero-order valence-electron chi connectivity index (χ0n) is 7.04. The van der Waals surface area contributed by atoms with Gasteiger partial charge in [0.05, 0.1) is 0 Å². The molecule has 1 rings (SSSR count). The summed E-state index contributed by atoms with van der Waals surface area (Å²) in [5.74, 6) is 0. The van der Waals surface area contributed by atoms with E-state index in [1.54, 1.807) is 0 Å². The third-order valence-corrected chi connectivity index (χ3v) is 1.76. The van der Waals surface area contributed by atoms with Crippen molar-refractivity contribution in [2.45, 2.75) is 26.3 Å². The monoisotopic (exact) mass is 150 g/mol. The zero-order valence-corrected chi connectivity index (χ0v) is 7.04. The standard InChI is InChI=1S/C9H14N2/c1-3-9(10)8-4-7(2)5-11-6-8/h4-6,9H,3,10H2,1-2H3/t9-/m1/s1. The molecule has 1 heterocycles. The first-order chi connectivity index (χ1) is 5.24. The van der Waals surface area contributed by atoms with E-state index in [0.29, 0.717) is 0 Å². The molecule has 2 N–H and O–H groups in total. The number of nitrogens with two attached hydrogens (primary N) is 1. The van der Waals surface area contributed by atoms with Crippen LogP contribution in [-0.4, -0.2) is 4.98 Å². The molecule has 0 aliphatic heterocycles. The van der Waals surface area contributed by atoms with E-state index in [4.69, 9.17) is 5.73 Å². The lowest BCUT2D eigenvalue weighted by molar-refractivity contribution is 0.694. The predicted molar refractivity (Wildman–Crippen MR) is 46.2 cm³/mol. The first-order valence-electron chi connectivity index (χ1n) is 3.91. The molecular formula is C9H14N2. The van der Waals surface area contributed by atoms with Gasteiger partial charge in [-0.05, 0) is 24.5 Å². The summed E-state index contributed by atoms with van der Waals surface area (Å²) in [4.78, 5) is 4.07. The van der Waals surface area contributed by atoms with Crippen molar-refractivity contribution in [1.82, 2.24) is 4.98 Å². The second kappa shape index (κ2) is 3.49. The van der Waals surface area contributed by atoms with E-state index < -0.39 is 0 Å². The second-order valence-corrected chi connectivity index (χ2v) is 2.81. The Kier molecular flexibility index (Phi) is 2.60. The smallest absolute Gasteiger partial charge is 0.0315 e. The van der Waals surface area contributed by atoms with Gasteiger partial charge in [0.15, 0.2) is 0 Å². The van der Waals surface area contributed by atoms with E-state index in [9.17, 15) is 0 Å². The highest BCUT2D eigenvalue weighted by Crippen LogP contribution is 2.12. The molecule has 0 aromatic carbocycles. The highest BCUT2D eigenvalue weighted by atomic mass is 14.7. The second-order valence-electron chi connectivity index (χ2n) is 2.81. The molecular weight excluding hydrogens is 136 g/mol. The maximum Gasteiger partial charge on any atom is 0.0315 e. The van der Waals surface area contributed by atoms with Crippen molar-refractivity contribution in [3.63, 3.8) is 0 Å². The first-order valence-corrected chi connectivity index (χ1v) is 3.91. The Hall–Kier alpha value is -0.890. The van der Waals surface area contributed by atoms with Gasteiger partial charge in [0, 0.05) is 18.4 Å². The first kappa shape index (κ1) is 8.21. The van der Waals surface area contributed by atoms with E-state index in [2.05, 4.69) is 18.0 Å². The fourth-order valence-electron chi connectivity index (χ4n) is 1.02. The number of hydrogen-bond donors (Lipinski definition) is 1. The van der Waals surface area contributed by atoms with E-state index >= 15 is 0 Å².